The van der Waals surface area contributed by atoms with Gasteiger partial charge < -0.3 is 15.0 Å². The molecule has 0 aromatic heterocycles. The number of nitrogens with zero attached hydrogens (tertiary/aromatic N) is 2. The number of benzene rings is 1. The average molecular weight is 325 g/mol. The lowest BCUT2D eigenvalue weighted by atomic mass is 10.1. The summed E-state index contributed by atoms with van der Waals surface area (Å²) in [6.07, 6.45) is 1.05. The number of halogens is 2. The third kappa shape index (κ3) is 5.16. The standard InChI is InChI=1S/C17H25F2N3O/c1-3-20-17(22-8-7-13(11-22)12-23-4-2)21-10-14-9-15(18)5-6-16(14)19/h5-6,9,13H,3-4,7-8,10-12H2,1-2H3,(H,20,21). The van der Waals surface area contributed by atoms with Gasteiger partial charge in [0.1, 0.15) is 11.6 Å². The zero-order valence-corrected chi connectivity index (χ0v) is 13.8. The lowest BCUT2D eigenvalue weighted by molar-refractivity contribution is 0.114. The fourth-order valence-corrected chi connectivity index (χ4v) is 2.70. The summed E-state index contributed by atoms with van der Waals surface area (Å²) in [4.78, 5) is 6.62. The van der Waals surface area contributed by atoms with Crippen LogP contribution < -0.4 is 5.32 Å². The molecule has 1 unspecified atom stereocenters. The fourth-order valence-electron chi connectivity index (χ4n) is 2.70. The third-order valence-electron chi connectivity index (χ3n) is 3.88. The van der Waals surface area contributed by atoms with E-state index in [1.54, 1.807) is 0 Å². The topological polar surface area (TPSA) is 36.9 Å². The molecule has 128 valence electrons. The number of ether oxygens (including phenoxy) is 1. The summed E-state index contributed by atoms with van der Waals surface area (Å²) in [5.41, 5.74) is 0.269. The van der Waals surface area contributed by atoms with E-state index in [9.17, 15) is 8.78 Å². The van der Waals surface area contributed by atoms with E-state index < -0.39 is 11.6 Å². The van der Waals surface area contributed by atoms with Crippen LogP contribution in [0, 0.1) is 17.6 Å². The Morgan fingerprint density at radius 3 is 2.96 bits per heavy atom. The Morgan fingerprint density at radius 2 is 2.22 bits per heavy atom. The number of hydrogen-bond donors (Lipinski definition) is 1. The van der Waals surface area contributed by atoms with Gasteiger partial charge in [-0.3, -0.25) is 0 Å². The molecule has 6 heteroatoms. The molecular weight excluding hydrogens is 300 g/mol. The van der Waals surface area contributed by atoms with Crippen LogP contribution in [0.4, 0.5) is 8.78 Å². The second-order valence-electron chi connectivity index (χ2n) is 5.67. The van der Waals surface area contributed by atoms with Gasteiger partial charge >= 0.3 is 0 Å². The van der Waals surface area contributed by atoms with Crippen molar-refractivity contribution < 1.29 is 13.5 Å². The molecule has 1 aliphatic heterocycles. The Kier molecular flexibility index (Phi) is 6.77. The Balaban J connectivity index is 2.01. The average Bonchev–Trinajstić information content (AvgIpc) is 3.01. The van der Waals surface area contributed by atoms with E-state index in [0.717, 1.165) is 57.4 Å². The molecule has 1 N–H and O–H groups in total. The van der Waals surface area contributed by atoms with Gasteiger partial charge in [0.25, 0.3) is 0 Å². The molecule has 0 spiro atoms. The summed E-state index contributed by atoms with van der Waals surface area (Å²) in [5.74, 6) is 0.362. The van der Waals surface area contributed by atoms with Crippen LogP contribution in [-0.4, -0.2) is 43.7 Å². The number of nitrogens with one attached hydrogen (secondary N) is 1. The van der Waals surface area contributed by atoms with Gasteiger partial charge in [-0.2, -0.15) is 0 Å². The first-order chi connectivity index (χ1) is 11.1. The Morgan fingerprint density at radius 1 is 1.39 bits per heavy atom. The van der Waals surface area contributed by atoms with Gasteiger partial charge in [-0.15, -0.1) is 0 Å². The summed E-state index contributed by atoms with van der Waals surface area (Å²) >= 11 is 0. The first-order valence-corrected chi connectivity index (χ1v) is 8.19. The Bertz CT molecular complexity index is 537. The van der Waals surface area contributed by atoms with E-state index in [4.69, 9.17) is 4.74 Å². The third-order valence-corrected chi connectivity index (χ3v) is 3.88. The largest absolute Gasteiger partial charge is 0.381 e. The van der Waals surface area contributed by atoms with Crippen LogP contribution in [0.25, 0.3) is 0 Å². The van der Waals surface area contributed by atoms with Crippen LogP contribution in [0.3, 0.4) is 0 Å². The van der Waals surface area contributed by atoms with Crippen molar-refractivity contribution in [3.63, 3.8) is 0 Å². The van der Waals surface area contributed by atoms with Gasteiger partial charge in [-0.1, -0.05) is 0 Å². The van der Waals surface area contributed by atoms with Crippen LogP contribution in [0.2, 0.25) is 0 Å². The van der Waals surface area contributed by atoms with Crippen LogP contribution in [0.15, 0.2) is 23.2 Å². The Hall–Kier alpha value is -1.69. The molecule has 23 heavy (non-hydrogen) atoms. The van der Waals surface area contributed by atoms with Crippen LogP contribution in [-0.2, 0) is 11.3 Å². The first-order valence-electron chi connectivity index (χ1n) is 8.19. The normalized spacial score (nSPS) is 18.5. The van der Waals surface area contributed by atoms with Gasteiger partial charge in [-0.05, 0) is 38.5 Å². The summed E-state index contributed by atoms with van der Waals surface area (Å²) in [5, 5.41) is 3.22. The van der Waals surface area contributed by atoms with Gasteiger partial charge in [0.2, 0.25) is 0 Å². The van der Waals surface area contributed by atoms with Crippen molar-refractivity contribution >= 4 is 5.96 Å². The molecule has 1 atom stereocenters. The van der Waals surface area contributed by atoms with E-state index in [2.05, 4.69) is 15.2 Å². The SMILES string of the molecule is CCNC(=NCc1cc(F)ccc1F)N1CCC(COCC)C1. The number of likely N-dealkylation sites (tertiary alicyclic amines) is 1. The maximum atomic E-state index is 13.7. The maximum Gasteiger partial charge on any atom is 0.194 e. The molecule has 2 rings (SSSR count). The molecule has 0 bridgehead atoms. The zero-order chi connectivity index (χ0) is 16.7. The second-order valence-corrected chi connectivity index (χ2v) is 5.67. The molecule has 1 aliphatic rings. The quantitative estimate of drug-likeness (QED) is 0.645. The minimum Gasteiger partial charge on any atom is -0.381 e. The molecule has 1 heterocycles. The zero-order valence-electron chi connectivity index (χ0n) is 13.8. The number of hydrogen-bond acceptors (Lipinski definition) is 2. The molecule has 1 aromatic carbocycles. The number of guanidine groups is 1. The van der Waals surface area contributed by atoms with Gasteiger partial charge in [-0.25, -0.2) is 13.8 Å². The van der Waals surface area contributed by atoms with Crippen LogP contribution >= 0.6 is 0 Å². The molecule has 0 amide bonds. The molecule has 0 aliphatic carbocycles. The highest BCUT2D eigenvalue weighted by atomic mass is 19.1. The molecule has 0 saturated carbocycles. The van der Waals surface area contributed by atoms with E-state index in [1.165, 1.54) is 6.07 Å². The molecule has 1 fully saturated rings. The van der Waals surface area contributed by atoms with Gasteiger partial charge in [0.15, 0.2) is 5.96 Å². The fraction of sp³-hybridized carbons (Fsp3) is 0.588. The second kappa shape index (κ2) is 8.82. The number of aliphatic imine (C=N–C) groups is 1. The monoisotopic (exact) mass is 325 g/mol. The summed E-state index contributed by atoms with van der Waals surface area (Å²) < 4.78 is 32.4. The summed E-state index contributed by atoms with van der Waals surface area (Å²) in [6.45, 7) is 8.09. The predicted octanol–water partition coefficient (Wildman–Crippen LogP) is 2.79. The highest BCUT2D eigenvalue weighted by molar-refractivity contribution is 5.80. The lowest BCUT2D eigenvalue weighted by Crippen LogP contribution is -2.40. The molecule has 1 saturated heterocycles. The van der Waals surface area contributed by atoms with E-state index in [1.807, 2.05) is 13.8 Å². The minimum atomic E-state index is -0.445. The van der Waals surface area contributed by atoms with E-state index in [0.29, 0.717) is 5.92 Å². The van der Waals surface area contributed by atoms with Crippen molar-refractivity contribution in [2.75, 3.05) is 32.8 Å². The van der Waals surface area contributed by atoms with Crippen molar-refractivity contribution in [3.8, 4) is 0 Å². The molecule has 0 radical (unpaired) electrons. The van der Waals surface area contributed by atoms with Crippen LogP contribution in [0.1, 0.15) is 25.8 Å². The van der Waals surface area contributed by atoms with Crippen molar-refractivity contribution in [2.45, 2.75) is 26.8 Å². The smallest absolute Gasteiger partial charge is 0.194 e. The molecular formula is C17H25F2N3O. The van der Waals surface area contributed by atoms with Crippen molar-refractivity contribution in [1.82, 2.24) is 10.2 Å². The van der Waals surface area contributed by atoms with E-state index in [-0.39, 0.29) is 12.1 Å². The van der Waals surface area contributed by atoms with Crippen LogP contribution in [0.5, 0.6) is 0 Å². The summed E-state index contributed by atoms with van der Waals surface area (Å²) in [7, 11) is 0. The van der Waals surface area contributed by atoms with E-state index >= 15 is 0 Å². The summed E-state index contributed by atoms with van der Waals surface area (Å²) in [6, 6.07) is 3.46. The maximum absolute atomic E-state index is 13.7. The van der Waals surface area contributed by atoms with Gasteiger partial charge in [0.05, 0.1) is 13.2 Å². The minimum absolute atomic E-state index is 0.124. The van der Waals surface area contributed by atoms with Crippen molar-refractivity contribution in [3.05, 3.63) is 35.4 Å². The molecule has 1 aromatic rings. The lowest BCUT2D eigenvalue weighted by Gasteiger charge is -2.21. The highest BCUT2D eigenvalue weighted by Crippen LogP contribution is 2.17. The first kappa shape index (κ1) is 17.7. The van der Waals surface area contributed by atoms with Gasteiger partial charge in [0, 0.05) is 37.7 Å². The van der Waals surface area contributed by atoms with Crippen molar-refractivity contribution in [2.24, 2.45) is 10.9 Å². The van der Waals surface area contributed by atoms with Crippen molar-refractivity contribution in [1.29, 1.82) is 0 Å². The Labute approximate surface area is 136 Å². The highest BCUT2D eigenvalue weighted by Gasteiger charge is 2.24. The number of rotatable bonds is 6. The predicted molar refractivity (Wildman–Crippen MR) is 87.3 cm³/mol. The molecule has 4 nitrogen and oxygen atoms in total.